The second kappa shape index (κ2) is 6.43. The Morgan fingerprint density at radius 2 is 2.18 bits per heavy atom. The van der Waals surface area contributed by atoms with E-state index in [2.05, 4.69) is 22.5 Å². The van der Waals surface area contributed by atoms with Gasteiger partial charge in [0.2, 0.25) is 11.7 Å². The number of nitrogens with one attached hydrogen (secondary N) is 1. The molecule has 1 aromatic carbocycles. The highest BCUT2D eigenvalue weighted by Crippen LogP contribution is 2.69. The molecular weight excluding hydrogens is 366 g/mol. The molecule has 2 fully saturated rings. The van der Waals surface area contributed by atoms with Gasteiger partial charge in [-0.25, -0.2) is 9.37 Å². The number of ether oxygens (including phenoxy) is 1. The summed E-state index contributed by atoms with van der Waals surface area (Å²) in [6.07, 6.45) is 9.67. The van der Waals surface area contributed by atoms with Gasteiger partial charge in [-0.1, -0.05) is 18.2 Å². The van der Waals surface area contributed by atoms with Crippen molar-refractivity contribution in [2.24, 2.45) is 23.2 Å². The second-order valence-corrected chi connectivity index (χ2v) is 7.92. The fourth-order valence-electron chi connectivity index (χ4n) is 4.89. The van der Waals surface area contributed by atoms with Crippen LogP contribution in [0, 0.1) is 34.8 Å². The van der Waals surface area contributed by atoms with Crippen molar-refractivity contribution in [3.63, 3.8) is 0 Å². The minimum absolute atomic E-state index is 0.119. The van der Waals surface area contributed by atoms with Crippen LogP contribution < -0.4 is 10.1 Å². The lowest BCUT2D eigenvalue weighted by Gasteiger charge is -2.19. The molecule has 1 spiro atoms. The van der Waals surface area contributed by atoms with E-state index in [1.807, 2.05) is 0 Å². The van der Waals surface area contributed by atoms with E-state index in [-0.39, 0.29) is 29.8 Å². The number of hydrogen-bond donors (Lipinski definition) is 1. The highest BCUT2D eigenvalue weighted by Gasteiger charge is 2.62. The molecular formula is C21H20F2N2O3. The maximum absolute atomic E-state index is 13.6. The molecule has 1 amide bonds. The van der Waals surface area contributed by atoms with Crippen molar-refractivity contribution in [3.05, 3.63) is 59.8 Å². The topological polar surface area (TPSA) is 64.4 Å². The van der Waals surface area contributed by atoms with E-state index in [1.54, 1.807) is 0 Å². The van der Waals surface area contributed by atoms with Gasteiger partial charge in [-0.05, 0) is 54.6 Å². The van der Waals surface area contributed by atoms with Gasteiger partial charge in [-0.2, -0.15) is 4.39 Å². The second-order valence-electron chi connectivity index (χ2n) is 7.92. The first-order chi connectivity index (χ1) is 13.6. The van der Waals surface area contributed by atoms with Crippen molar-refractivity contribution in [2.75, 3.05) is 6.54 Å². The molecule has 0 unspecified atom stereocenters. The van der Waals surface area contributed by atoms with E-state index in [0.29, 0.717) is 29.7 Å². The third-order valence-electron chi connectivity index (χ3n) is 6.42. The van der Waals surface area contributed by atoms with Crippen LogP contribution in [0.2, 0.25) is 0 Å². The molecule has 3 atom stereocenters. The Labute approximate surface area is 160 Å². The average Bonchev–Trinajstić information content (AvgIpc) is 3.11. The lowest BCUT2D eigenvalue weighted by atomic mass is 9.89. The van der Waals surface area contributed by atoms with Crippen LogP contribution in [0.1, 0.15) is 35.6 Å². The van der Waals surface area contributed by atoms with Crippen LogP contribution >= 0.6 is 0 Å². The maximum atomic E-state index is 13.6. The highest BCUT2D eigenvalue weighted by molar-refractivity contribution is 5.91. The summed E-state index contributed by atoms with van der Waals surface area (Å²) in [5.41, 5.74) is 0.651. The highest BCUT2D eigenvalue weighted by atomic mass is 19.2. The summed E-state index contributed by atoms with van der Waals surface area (Å²) < 4.78 is 37.2. The first-order valence-corrected chi connectivity index (χ1v) is 9.54. The van der Waals surface area contributed by atoms with Crippen molar-refractivity contribution < 1.29 is 22.7 Å². The molecule has 3 aliphatic carbocycles. The molecule has 2 aromatic rings. The SMILES string of the molecule is O=C(NC[C@H]1C[C@H]2C=C[C@H]1C21CC1)c1coc(COc2cccc(F)c2F)n1. The van der Waals surface area contributed by atoms with E-state index in [4.69, 9.17) is 9.15 Å². The van der Waals surface area contributed by atoms with Crippen LogP contribution in [0.5, 0.6) is 5.75 Å². The number of carbonyl (C=O) groups is 1. The fraction of sp³-hybridized carbons (Fsp3) is 0.429. The van der Waals surface area contributed by atoms with Gasteiger partial charge >= 0.3 is 0 Å². The summed E-state index contributed by atoms with van der Waals surface area (Å²) in [5.74, 6) is -0.737. The van der Waals surface area contributed by atoms with E-state index < -0.39 is 11.6 Å². The fourth-order valence-corrected chi connectivity index (χ4v) is 4.89. The van der Waals surface area contributed by atoms with Gasteiger partial charge in [0.15, 0.2) is 23.9 Å². The van der Waals surface area contributed by atoms with Gasteiger partial charge in [0.25, 0.3) is 5.91 Å². The predicted molar refractivity (Wildman–Crippen MR) is 95.4 cm³/mol. The summed E-state index contributed by atoms with van der Waals surface area (Å²) in [5, 5.41) is 2.95. The summed E-state index contributed by atoms with van der Waals surface area (Å²) >= 11 is 0. The quantitative estimate of drug-likeness (QED) is 0.766. The number of nitrogens with zero attached hydrogens (tertiary/aromatic N) is 1. The third-order valence-corrected chi connectivity index (χ3v) is 6.42. The van der Waals surface area contributed by atoms with Gasteiger partial charge in [0, 0.05) is 6.54 Å². The molecule has 1 N–H and O–H groups in total. The molecule has 1 aromatic heterocycles. The smallest absolute Gasteiger partial charge is 0.273 e. The average molecular weight is 386 g/mol. The van der Waals surface area contributed by atoms with Crippen LogP contribution in [-0.2, 0) is 6.61 Å². The Kier molecular flexibility index (Phi) is 4.00. The van der Waals surface area contributed by atoms with Gasteiger partial charge in [0.1, 0.15) is 6.26 Å². The standard InChI is InChI=1S/C21H20F2N2O3/c22-15-2-1-3-17(19(15)23)27-11-18-25-16(10-28-18)20(26)24-9-12-8-13-4-5-14(12)21(13)6-7-21/h1-5,10,12-14H,6-9,11H2,(H,24,26)/t12-,13-,14-/m1/s1. The van der Waals surface area contributed by atoms with Crippen LogP contribution in [0.25, 0.3) is 0 Å². The Bertz CT molecular complexity index is 951. The molecule has 3 aliphatic rings. The van der Waals surface area contributed by atoms with E-state index in [0.717, 1.165) is 12.5 Å². The molecule has 2 saturated carbocycles. The largest absolute Gasteiger partial charge is 0.481 e. The lowest BCUT2D eigenvalue weighted by molar-refractivity contribution is 0.0939. The molecule has 1 heterocycles. The van der Waals surface area contributed by atoms with Crippen LogP contribution in [0.15, 0.2) is 41.0 Å². The molecule has 28 heavy (non-hydrogen) atoms. The number of halogens is 2. The molecule has 5 nitrogen and oxygen atoms in total. The maximum Gasteiger partial charge on any atom is 0.273 e. The van der Waals surface area contributed by atoms with E-state index >= 15 is 0 Å². The van der Waals surface area contributed by atoms with Gasteiger partial charge in [-0.15, -0.1) is 0 Å². The summed E-state index contributed by atoms with van der Waals surface area (Å²) in [7, 11) is 0. The number of aromatic nitrogens is 1. The van der Waals surface area contributed by atoms with Crippen LogP contribution in [-0.4, -0.2) is 17.4 Å². The van der Waals surface area contributed by atoms with E-state index in [9.17, 15) is 13.6 Å². The zero-order valence-electron chi connectivity index (χ0n) is 15.2. The number of rotatable bonds is 6. The molecule has 0 saturated heterocycles. The summed E-state index contributed by atoms with van der Waals surface area (Å²) in [4.78, 5) is 16.4. The van der Waals surface area contributed by atoms with Crippen molar-refractivity contribution in [2.45, 2.75) is 25.9 Å². The van der Waals surface area contributed by atoms with Crippen LogP contribution in [0.4, 0.5) is 8.78 Å². The number of carbonyl (C=O) groups excluding carboxylic acids is 1. The molecule has 5 rings (SSSR count). The zero-order chi connectivity index (χ0) is 19.3. The number of allylic oxidation sites excluding steroid dienone is 2. The zero-order valence-corrected chi connectivity index (χ0v) is 15.2. The lowest BCUT2D eigenvalue weighted by Crippen LogP contribution is -2.31. The Morgan fingerprint density at radius 1 is 1.32 bits per heavy atom. The minimum atomic E-state index is -1.07. The molecule has 0 aliphatic heterocycles. The molecule has 2 bridgehead atoms. The number of hydrogen-bond acceptors (Lipinski definition) is 4. The summed E-state index contributed by atoms with van der Waals surface area (Å²) in [6, 6.07) is 3.66. The van der Waals surface area contributed by atoms with Gasteiger partial charge in [-0.3, -0.25) is 4.79 Å². The van der Waals surface area contributed by atoms with Gasteiger partial charge < -0.3 is 14.5 Å². The van der Waals surface area contributed by atoms with Gasteiger partial charge in [0.05, 0.1) is 0 Å². The molecule has 146 valence electrons. The van der Waals surface area contributed by atoms with Crippen molar-refractivity contribution in [3.8, 4) is 5.75 Å². The number of benzene rings is 1. The molecule has 7 heteroatoms. The monoisotopic (exact) mass is 386 g/mol. The summed E-state index contributed by atoms with van der Waals surface area (Å²) in [6.45, 7) is 0.423. The minimum Gasteiger partial charge on any atom is -0.481 e. The Hall–Kier alpha value is -2.70. The number of oxazole rings is 1. The Balaban J connectivity index is 1.15. The normalized spacial score (nSPS) is 26.0. The predicted octanol–water partition coefficient (Wildman–Crippen LogP) is 3.86. The van der Waals surface area contributed by atoms with E-state index in [1.165, 1.54) is 31.2 Å². The van der Waals surface area contributed by atoms with Crippen molar-refractivity contribution >= 4 is 5.91 Å². The molecule has 0 radical (unpaired) electrons. The van der Waals surface area contributed by atoms with Crippen molar-refractivity contribution in [1.82, 2.24) is 10.3 Å². The van der Waals surface area contributed by atoms with Crippen LogP contribution in [0.3, 0.4) is 0 Å². The third kappa shape index (κ3) is 2.80. The Morgan fingerprint density at radius 3 is 2.96 bits per heavy atom. The van der Waals surface area contributed by atoms with Crippen molar-refractivity contribution in [1.29, 1.82) is 0 Å². The first-order valence-electron chi connectivity index (χ1n) is 9.54. The number of amides is 1. The first kappa shape index (κ1) is 17.4.